The molecule has 4 nitrogen and oxygen atoms in total. The van der Waals surface area contributed by atoms with E-state index < -0.39 is 0 Å². The van der Waals surface area contributed by atoms with Crippen LogP contribution in [0, 0.1) is 0 Å². The van der Waals surface area contributed by atoms with E-state index in [0.29, 0.717) is 17.0 Å². The highest BCUT2D eigenvalue weighted by molar-refractivity contribution is 6.04. The molecule has 0 aliphatic rings. The fourth-order valence-electron chi connectivity index (χ4n) is 1.68. The molecule has 0 saturated carbocycles. The molecule has 0 atom stereocenters. The topological polar surface area (TPSA) is 58.6 Å². The maximum atomic E-state index is 11.9. The van der Waals surface area contributed by atoms with Crippen LogP contribution in [0.25, 0.3) is 0 Å². The molecule has 2 N–H and O–H groups in total. The van der Waals surface area contributed by atoms with Crippen LogP contribution in [0.3, 0.4) is 0 Å². The highest BCUT2D eigenvalue weighted by Crippen LogP contribution is 2.16. The summed E-state index contributed by atoms with van der Waals surface area (Å²) >= 11 is 0. The first-order valence-corrected chi connectivity index (χ1v) is 6.09. The van der Waals surface area contributed by atoms with E-state index in [2.05, 4.69) is 5.32 Å². The van der Waals surface area contributed by atoms with Crippen LogP contribution in [0.5, 0.6) is 11.5 Å². The third-order valence-corrected chi connectivity index (χ3v) is 2.69. The molecule has 4 heteroatoms. The highest BCUT2D eigenvalue weighted by atomic mass is 16.5. The molecule has 0 aromatic heterocycles. The van der Waals surface area contributed by atoms with Gasteiger partial charge in [0, 0.05) is 29.6 Å². The standard InChI is InChI=1S/C16H15NO3/c1-20-15-7-2-4-12(10-15)16(19)8-9-17-13-5-3-6-14(18)11-13/h2-11,17-18H,1H3. The lowest BCUT2D eigenvalue weighted by atomic mass is 10.1. The lowest BCUT2D eigenvalue weighted by Crippen LogP contribution is -1.97. The monoisotopic (exact) mass is 269 g/mol. The van der Waals surface area contributed by atoms with E-state index in [9.17, 15) is 9.90 Å². The normalized spacial score (nSPS) is 10.4. The smallest absolute Gasteiger partial charge is 0.187 e. The van der Waals surface area contributed by atoms with Crippen LogP contribution in [-0.2, 0) is 0 Å². The van der Waals surface area contributed by atoms with Gasteiger partial charge in [-0.05, 0) is 24.3 Å². The van der Waals surface area contributed by atoms with E-state index in [0.717, 1.165) is 0 Å². The van der Waals surface area contributed by atoms with Gasteiger partial charge in [0.05, 0.1) is 7.11 Å². The van der Waals surface area contributed by atoms with Crippen molar-refractivity contribution in [2.24, 2.45) is 0 Å². The number of phenolic OH excluding ortho intramolecular Hbond substituents is 1. The molecule has 0 unspecified atom stereocenters. The van der Waals surface area contributed by atoms with Gasteiger partial charge in [-0.15, -0.1) is 0 Å². The van der Waals surface area contributed by atoms with E-state index >= 15 is 0 Å². The number of aromatic hydroxyl groups is 1. The van der Waals surface area contributed by atoms with Gasteiger partial charge >= 0.3 is 0 Å². The third kappa shape index (κ3) is 3.62. The van der Waals surface area contributed by atoms with Crippen LogP contribution < -0.4 is 10.1 Å². The number of anilines is 1. The first kappa shape index (κ1) is 13.7. The molecule has 0 aliphatic heterocycles. The minimum absolute atomic E-state index is 0.128. The molecule has 0 heterocycles. The summed E-state index contributed by atoms with van der Waals surface area (Å²) in [6.07, 6.45) is 2.97. The number of carbonyl (C=O) groups is 1. The predicted molar refractivity (Wildman–Crippen MR) is 78.2 cm³/mol. The van der Waals surface area contributed by atoms with E-state index in [-0.39, 0.29) is 11.5 Å². The Balaban J connectivity index is 2.02. The molecule has 0 bridgehead atoms. The molecule has 2 rings (SSSR count). The molecule has 20 heavy (non-hydrogen) atoms. The lowest BCUT2D eigenvalue weighted by Gasteiger charge is -2.02. The van der Waals surface area contributed by atoms with E-state index in [1.165, 1.54) is 12.3 Å². The molecule has 2 aromatic rings. The summed E-state index contributed by atoms with van der Waals surface area (Å²) < 4.78 is 5.07. The second-order valence-electron chi connectivity index (χ2n) is 4.12. The van der Waals surface area contributed by atoms with Crippen LogP contribution in [0.1, 0.15) is 10.4 Å². The van der Waals surface area contributed by atoms with Crippen LogP contribution in [0.15, 0.2) is 60.8 Å². The molecule has 0 aliphatic carbocycles. The molecule has 0 fully saturated rings. The van der Waals surface area contributed by atoms with Gasteiger partial charge in [0.25, 0.3) is 0 Å². The zero-order valence-electron chi connectivity index (χ0n) is 11.0. The van der Waals surface area contributed by atoms with Gasteiger partial charge in [-0.1, -0.05) is 18.2 Å². The molecule has 0 spiro atoms. The number of phenols is 1. The summed E-state index contributed by atoms with van der Waals surface area (Å²) in [5.41, 5.74) is 1.26. The maximum Gasteiger partial charge on any atom is 0.187 e. The number of methoxy groups -OCH3 is 1. The van der Waals surface area contributed by atoms with Crippen LogP contribution >= 0.6 is 0 Å². The van der Waals surface area contributed by atoms with Crippen molar-refractivity contribution >= 4 is 11.5 Å². The maximum absolute atomic E-state index is 11.9. The average molecular weight is 269 g/mol. The summed E-state index contributed by atoms with van der Waals surface area (Å²) in [5, 5.41) is 12.2. The highest BCUT2D eigenvalue weighted by Gasteiger charge is 2.02. The average Bonchev–Trinajstić information content (AvgIpc) is 2.47. The first-order valence-electron chi connectivity index (χ1n) is 6.09. The fourth-order valence-corrected chi connectivity index (χ4v) is 1.68. The summed E-state index contributed by atoms with van der Waals surface area (Å²) in [7, 11) is 1.56. The van der Waals surface area contributed by atoms with E-state index in [1.54, 1.807) is 55.6 Å². The van der Waals surface area contributed by atoms with Crippen molar-refractivity contribution in [2.75, 3.05) is 12.4 Å². The molecule has 0 radical (unpaired) electrons. The largest absolute Gasteiger partial charge is 0.508 e. The SMILES string of the molecule is COc1cccc(C(=O)C=CNc2cccc(O)c2)c1. The number of benzene rings is 2. The Hall–Kier alpha value is -2.75. The Morgan fingerprint density at radius 2 is 2.00 bits per heavy atom. The number of carbonyl (C=O) groups excluding carboxylic acids is 1. The van der Waals surface area contributed by atoms with Crippen molar-refractivity contribution in [2.45, 2.75) is 0 Å². The molecule has 0 saturated heterocycles. The minimum Gasteiger partial charge on any atom is -0.508 e. The second-order valence-corrected chi connectivity index (χ2v) is 4.12. The number of ether oxygens (including phenoxy) is 1. The zero-order valence-corrected chi connectivity index (χ0v) is 11.0. The Labute approximate surface area is 117 Å². The minimum atomic E-state index is -0.128. The quantitative estimate of drug-likeness (QED) is 0.646. The van der Waals surface area contributed by atoms with Crippen molar-refractivity contribution in [3.05, 3.63) is 66.4 Å². The van der Waals surface area contributed by atoms with Gasteiger partial charge < -0.3 is 15.2 Å². The number of hydrogen-bond donors (Lipinski definition) is 2. The molecule has 2 aromatic carbocycles. The number of allylic oxidation sites excluding steroid dienone is 1. The number of ketones is 1. The van der Waals surface area contributed by atoms with Gasteiger partial charge in [0.1, 0.15) is 11.5 Å². The summed E-state index contributed by atoms with van der Waals surface area (Å²) in [6, 6.07) is 13.6. The molecule has 102 valence electrons. The van der Waals surface area contributed by atoms with Gasteiger partial charge in [0.15, 0.2) is 5.78 Å². The number of nitrogens with one attached hydrogen (secondary N) is 1. The van der Waals surface area contributed by atoms with Gasteiger partial charge in [-0.3, -0.25) is 4.79 Å². The van der Waals surface area contributed by atoms with Crippen LogP contribution in [-0.4, -0.2) is 18.0 Å². The van der Waals surface area contributed by atoms with Crippen molar-refractivity contribution < 1.29 is 14.6 Å². The Bertz CT molecular complexity index is 635. The molecule has 0 amide bonds. The van der Waals surface area contributed by atoms with Gasteiger partial charge in [-0.2, -0.15) is 0 Å². The van der Waals surface area contributed by atoms with Crippen molar-refractivity contribution in [3.8, 4) is 11.5 Å². The third-order valence-electron chi connectivity index (χ3n) is 2.69. The summed E-state index contributed by atoms with van der Waals surface area (Å²) in [5.74, 6) is 0.685. The zero-order chi connectivity index (χ0) is 14.4. The van der Waals surface area contributed by atoms with E-state index in [4.69, 9.17) is 4.74 Å². The van der Waals surface area contributed by atoms with Gasteiger partial charge in [0.2, 0.25) is 0 Å². The number of hydrogen-bond acceptors (Lipinski definition) is 4. The van der Waals surface area contributed by atoms with Gasteiger partial charge in [-0.25, -0.2) is 0 Å². The molecular formula is C16H15NO3. The number of rotatable bonds is 5. The Morgan fingerprint density at radius 1 is 1.20 bits per heavy atom. The lowest BCUT2D eigenvalue weighted by molar-refractivity contribution is 0.104. The van der Waals surface area contributed by atoms with Crippen LogP contribution in [0.2, 0.25) is 0 Å². The Morgan fingerprint density at radius 3 is 2.75 bits per heavy atom. The Kier molecular flexibility index (Phi) is 4.39. The summed E-state index contributed by atoms with van der Waals surface area (Å²) in [6.45, 7) is 0. The van der Waals surface area contributed by atoms with Crippen molar-refractivity contribution in [1.82, 2.24) is 0 Å². The molecular weight excluding hydrogens is 254 g/mol. The van der Waals surface area contributed by atoms with E-state index in [1.807, 2.05) is 0 Å². The predicted octanol–water partition coefficient (Wildman–Crippen LogP) is 3.21. The second kappa shape index (κ2) is 6.43. The van der Waals surface area contributed by atoms with Crippen molar-refractivity contribution in [3.63, 3.8) is 0 Å². The fraction of sp³-hybridized carbons (Fsp3) is 0.0625. The van der Waals surface area contributed by atoms with Crippen LogP contribution in [0.4, 0.5) is 5.69 Å². The first-order chi connectivity index (χ1) is 9.69. The van der Waals surface area contributed by atoms with Crippen molar-refractivity contribution in [1.29, 1.82) is 0 Å². The summed E-state index contributed by atoms with van der Waals surface area (Å²) in [4.78, 5) is 11.9.